The van der Waals surface area contributed by atoms with E-state index >= 15 is 0 Å². The Morgan fingerprint density at radius 1 is 0.862 bits per heavy atom. The highest BCUT2D eigenvalue weighted by molar-refractivity contribution is 6.09. The van der Waals surface area contributed by atoms with E-state index in [2.05, 4.69) is 71.2 Å². The van der Waals surface area contributed by atoms with Crippen LogP contribution in [0.5, 0.6) is 0 Å². The summed E-state index contributed by atoms with van der Waals surface area (Å²) in [6.45, 7) is 12.9. The fourth-order valence-electron chi connectivity index (χ4n) is 9.43. The van der Waals surface area contributed by atoms with Crippen LogP contribution in [-0.2, 0) is 36.8 Å². The molecular weight excluding hydrogens is 725 g/mol. The van der Waals surface area contributed by atoms with Crippen molar-refractivity contribution in [2.24, 2.45) is 15.8 Å². The summed E-state index contributed by atoms with van der Waals surface area (Å²) in [6.07, 6.45) is 8.61. The van der Waals surface area contributed by atoms with Crippen LogP contribution in [0.15, 0.2) is 53.5 Å². The van der Waals surface area contributed by atoms with E-state index in [1.807, 2.05) is 19.9 Å². The van der Waals surface area contributed by atoms with Gasteiger partial charge in [0.15, 0.2) is 0 Å². The minimum absolute atomic E-state index is 0. The molecule has 3 aliphatic rings. The number of Topliss-reactive ketones (excluding diaryl/α,β-unsaturated/α-hetero) is 2. The smallest absolute Gasteiger partial charge is 0.306 e. The number of hydrogen-bond acceptors (Lipinski definition) is 6. The summed E-state index contributed by atoms with van der Waals surface area (Å²) in [5.74, 6) is 0.486. The highest BCUT2D eigenvalue weighted by Crippen LogP contribution is 2.54. The molecule has 2 aromatic carbocycles. The van der Waals surface area contributed by atoms with Gasteiger partial charge in [0.25, 0.3) is 0 Å². The Kier molecular flexibility index (Phi) is 17.9. The van der Waals surface area contributed by atoms with Crippen LogP contribution in [0, 0.1) is 10.8 Å². The van der Waals surface area contributed by atoms with Crippen LogP contribution < -0.4 is 0 Å². The van der Waals surface area contributed by atoms with Gasteiger partial charge in [-0.3, -0.25) is 14.6 Å². The standard InChI is InChI=1S/C24H32N2O3.C21H26N2O2.4CH4.H2/c1-5-24(13-10-17(4)27,14-11-21(28)29-16(2)3)23-22-19(12-15-25-23)18-8-6-7-9-20(18)26-22;1-3-21(11-8-14(2)24)12-9-18(25)23-13-10-16-15-6-4-5-7-17(15)22-19(16)20(21)23;;;;;/h6-9,16,26H,5,10-15H2,1-4H3;4-7,20,22H,3,8-13H2,1-2H3;4*1H4;1H/t;20-,21-;;;;;/m.1...../s1. The summed E-state index contributed by atoms with van der Waals surface area (Å²) in [5, 5.41) is 2.53. The molecule has 7 rings (SSSR count). The number of nitrogens with zero attached hydrogens (tertiary/aromatic N) is 2. The van der Waals surface area contributed by atoms with E-state index in [1.54, 1.807) is 13.8 Å². The lowest BCUT2D eigenvalue weighted by Gasteiger charge is -2.51. The normalized spacial score (nSPS) is 18.9. The fourth-order valence-corrected chi connectivity index (χ4v) is 9.43. The van der Waals surface area contributed by atoms with Crippen molar-refractivity contribution in [3.05, 3.63) is 71.0 Å². The number of ketones is 2. The minimum atomic E-state index is -0.322. The van der Waals surface area contributed by atoms with Gasteiger partial charge >= 0.3 is 5.97 Å². The molecule has 9 nitrogen and oxygen atoms in total. The van der Waals surface area contributed by atoms with Gasteiger partial charge in [-0.2, -0.15) is 0 Å². The third kappa shape index (κ3) is 10.0. The topological polar surface area (TPSA) is 125 Å². The molecule has 0 spiro atoms. The Morgan fingerprint density at radius 3 is 2.07 bits per heavy atom. The second kappa shape index (κ2) is 20.9. The molecule has 58 heavy (non-hydrogen) atoms. The van der Waals surface area contributed by atoms with Gasteiger partial charge in [0, 0.05) is 73.1 Å². The molecule has 1 saturated heterocycles. The number of aromatic amines is 2. The number of piperidine rings is 1. The zero-order chi connectivity index (χ0) is 38.6. The van der Waals surface area contributed by atoms with E-state index in [0.717, 1.165) is 74.1 Å². The largest absolute Gasteiger partial charge is 0.463 e. The van der Waals surface area contributed by atoms with Gasteiger partial charge in [-0.15, -0.1) is 0 Å². The van der Waals surface area contributed by atoms with Crippen molar-refractivity contribution in [3.8, 4) is 0 Å². The number of fused-ring (bicyclic) bond motifs is 8. The van der Waals surface area contributed by atoms with Crippen LogP contribution in [-0.4, -0.2) is 63.2 Å². The summed E-state index contributed by atoms with van der Waals surface area (Å²) in [7, 11) is 0. The molecule has 0 radical (unpaired) electrons. The third-order valence-electron chi connectivity index (χ3n) is 12.4. The fraction of sp³-hybridized carbons (Fsp3) is 0.571. The Morgan fingerprint density at radius 2 is 1.47 bits per heavy atom. The number of nitrogens with one attached hydrogen (secondary N) is 2. The molecule has 1 unspecified atom stereocenters. The summed E-state index contributed by atoms with van der Waals surface area (Å²) < 4.78 is 5.37. The lowest BCUT2D eigenvalue weighted by molar-refractivity contribution is -0.148. The van der Waals surface area contributed by atoms with Crippen LogP contribution in [0.1, 0.15) is 165 Å². The number of para-hydroxylation sites is 2. The first-order valence-corrected chi connectivity index (χ1v) is 20.1. The average Bonchev–Trinajstić information content (AvgIpc) is 3.74. The summed E-state index contributed by atoms with van der Waals surface area (Å²) in [4.78, 5) is 62.7. The number of esters is 1. The quantitative estimate of drug-likeness (QED) is 0.130. The maximum absolute atomic E-state index is 12.6. The first-order chi connectivity index (χ1) is 25.9. The second-order valence-corrected chi connectivity index (χ2v) is 16.1. The lowest BCUT2D eigenvalue weighted by atomic mass is 9.65. The van der Waals surface area contributed by atoms with Gasteiger partial charge in [-0.05, 0) is 108 Å². The van der Waals surface area contributed by atoms with Crippen molar-refractivity contribution < 1.29 is 25.3 Å². The Hall–Kier alpha value is -4.53. The molecule has 322 valence electrons. The summed E-state index contributed by atoms with van der Waals surface area (Å²) in [5.41, 5.74) is 7.94. The van der Waals surface area contributed by atoms with E-state index in [9.17, 15) is 19.2 Å². The number of aliphatic imine (C=N–C) groups is 1. The molecule has 3 atom stereocenters. The van der Waals surface area contributed by atoms with Gasteiger partial charge in [0.05, 0.1) is 23.6 Å². The average molecular weight is 801 g/mol. The molecular formula is C49H76N4O5. The number of H-pyrrole nitrogens is 2. The molecule has 0 saturated carbocycles. The minimum Gasteiger partial charge on any atom is -0.463 e. The number of amides is 1. The summed E-state index contributed by atoms with van der Waals surface area (Å²) >= 11 is 0. The number of ether oxygens (including phenoxy) is 1. The van der Waals surface area contributed by atoms with Crippen molar-refractivity contribution in [1.82, 2.24) is 14.9 Å². The Labute approximate surface area is 350 Å². The first kappa shape index (κ1) is 49.6. The number of benzene rings is 2. The maximum atomic E-state index is 12.6. The molecule has 9 heteroatoms. The van der Waals surface area contributed by atoms with Crippen LogP contribution in [0.4, 0.5) is 0 Å². The van der Waals surface area contributed by atoms with E-state index in [4.69, 9.17) is 9.73 Å². The van der Waals surface area contributed by atoms with Crippen molar-refractivity contribution in [2.75, 3.05) is 13.1 Å². The van der Waals surface area contributed by atoms with E-state index in [-0.39, 0.29) is 77.6 Å². The number of carbonyl (C=O) groups excluding carboxylic acids is 4. The second-order valence-electron chi connectivity index (χ2n) is 16.1. The molecule has 5 heterocycles. The molecule has 3 aliphatic heterocycles. The number of carbonyl (C=O) groups is 4. The van der Waals surface area contributed by atoms with Crippen molar-refractivity contribution in [1.29, 1.82) is 0 Å². The van der Waals surface area contributed by atoms with Gasteiger partial charge in [0.1, 0.15) is 11.6 Å². The van der Waals surface area contributed by atoms with E-state index in [1.165, 1.54) is 27.6 Å². The van der Waals surface area contributed by atoms with Crippen molar-refractivity contribution in [3.63, 3.8) is 0 Å². The molecule has 0 aliphatic carbocycles. The van der Waals surface area contributed by atoms with E-state index < -0.39 is 0 Å². The van der Waals surface area contributed by atoms with E-state index in [0.29, 0.717) is 38.5 Å². The maximum Gasteiger partial charge on any atom is 0.306 e. The Bertz CT molecular complexity index is 2060. The van der Waals surface area contributed by atoms with Gasteiger partial charge in [0.2, 0.25) is 5.91 Å². The van der Waals surface area contributed by atoms with Crippen molar-refractivity contribution in [2.45, 2.75) is 160 Å². The molecule has 4 aromatic rings. The first-order valence-electron chi connectivity index (χ1n) is 20.1. The lowest BCUT2D eigenvalue weighted by Crippen LogP contribution is -2.52. The summed E-state index contributed by atoms with van der Waals surface area (Å²) in [6, 6.07) is 16.8. The monoisotopic (exact) mass is 801 g/mol. The molecule has 0 bridgehead atoms. The highest BCUT2D eigenvalue weighted by Gasteiger charge is 2.50. The van der Waals surface area contributed by atoms with Gasteiger partial charge < -0.3 is 29.2 Å². The van der Waals surface area contributed by atoms with Crippen molar-refractivity contribution >= 4 is 51.0 Å². The predicted octanol–water partition coefficient (Wildman–Crippen LogP) is 12.0. The zero-order valence-electron chi connectivity index (χ0n) is 33.1. The SMILES string of the molecule is C.C.C.C.CCC(CCC(C)=O)(CCC(=O)OC(C)C)C1=NCCc2c1[nH]c1ccccc21.CC[C@@]1(CCC(C)=O)CCC(=O)N2CCc3c([nH]c4ccccc34)[C@@H]21.[HH]. The molecule has 1 amide bonds. The Balaban J connectivity index is 0.000000548. The highest BCUT2D eigenvalue weighted by atomic mass is 16.5. The molecule has 2 N–H and O–H groups in total. The molecule has 2 aromatic heterocycles. The third-order valence-corrected chi connectivity index (χ3v) is 12.4. The number of aromatic nitrogens is 2. The van der Waals surface area contributed by atoms with Crippen LogP contribution in [0.25, 0.3) is 21.8 Å². The van der Waals surface area contributed by atoms with Gasteiger partial charge in [-0.1, -0.05) is 80.0 Å². The number of hydrogen-bond donors (Lipinski definition) is 2. The van der Waals surface area contributed by atoms with Crippen LogP contribution in [0.3, 0.4) is 0 Å². The predicted molar refractivity (Wildman–Crippen MR) is 244 cm³/mol. The molecule has 1 fully saturated rings. The number of rotatable bonds is 13. The van der Waals surface area contributed by atoms with Gasteiger partial charge in [-0.25, -0.2) is 0 Å². The van der Waals surface area contributed by atoms with Crippen LogP contribution in [0.2, 0.25) is 0 Å². The van der Waals surface area contributed by atoms with Crippen LogP contribution >= 0.6 is 0 Å². The zero-order valence-corrected chi connectivity index (χ0v) is 33.1.